The molecule has 1 N–H and O–H groups in total. The highest BCUT2D eigenvalue weighted by molar-refractivity contribution is 7.13. The van der Waals surface area contributed by atoms with E-state index in [4.69, 9.17) is 4.74 Å². The van der Waals surface area contributed by atoms with Gasteiger partial charge in [0.15, 0.2) is 0 Å². The van der Waals surface area contributed by atoms with E-state index in [-0.39, 0.29) is 0 Å². The van der Waals surface area contributed by atoms with Crippen molar-refractivity contribution in [2.45, 2.75) is 32.4 Å². The smallest absolute Gasteiger partial charge is 0.273 e. The summed E-state index contributed by atoms with van der Waals surface area (Å²) in [6.45, 7) is 2.97. The van der Waals surface area contributed by atoms with Crippen molar-refractivity contribution < 1.29 is 4.74 Å². The van der Waals surface area contributed by atoms with Crippen molar-refractivity contribution in [1.82, 2.24) is 10.3 Å². The second-order valence-corrected chi connectivity index (χ2v) is 4.39. The van der Waals surface area contributed by atoms with Crippen molar-refractivity contribution in [3.63, 3.8) is 0 Å². The van der Waals surface area contributed by atoms with Gasteiger partial charge in [0.05, 0.1) is 12.8 Å². The zero-order valence-corrected chi connectivity index (χ0v) is 8.78. The van der Waals surface area contributed by atoms with Crippen LogP contribution in [0.1, 0.15) is 23.4 Å². The zero-order chi connectivity index (χ0) is 9.26. The van der Waals surface area contributed by atoms with Gasteiger partial charge < -0.3 is 10.1 Å². The molecule has 1 saturated carbocycles. The van der Waals surface area contributed by atoms with Gasteiger partial charge in [0.2, 0.25) is 0 Å². The standard InChI is InChI=1S/C9H14N2OS/c1-6-8(5-10-7-3-4-7)13-9(11-6)12-2/h7,10H,3-5H2,1-2H3. The number of thiazole rings is 1. The summed E-state index contributed by atoms with van der Waals surface area (Å²) in [5.41, 5.74) is 1.09. The van der Waals surface area contributed by atoms with E-state index in [1.807, 2.05) is 6.92 Å². The molecule has 0 aliphatic heterocycles. The summed E-state index contributed by atoms with van der Waals surface area (Å²) < 4.78 is 5.08. The minimum absolute atomic E-state index is 0.757. The molecule has 4 heteroatoms. The lowest BCUT2D eigenvalue weighted by Crippen LogP contribution is -2.14. The highest BCUT2D eigenvalue weighted by Gasteiger charge is 2.21. The molecule has 0 saturated heterocycles. The van der Waals surface area contributed by atoms with Crippen LogP contribution in [-0.2, 0) is 6.54 Å². The van der Waals surface area contributed by atoms with Gasteiger partial charge in [-0.1, -0.05) is 11.3 Å². The predicted molar refractivity (Wildman–Crippen MR) is 53.3 cm³/mol. The first-order chi connectivity index (χ1) is 6.29. The third-order valence-corrected chi connectivity index (χ3v) is 3.30. The Morgan fingerprint density at radius 1 is 1.62 bits per heavy atom. The first kappa shape index (κ1) is 8.97. The van der Waals surface area contributed by atoms with Gasteiger partial charge in [-0.05, 0) is 19.8 Å². The van der Waals surface area contributed by atoms with Crippen molar-refractivity contribution in [3.8, 4) is 5.19 Å². The fraction of sp³-hybridized carbons (Fsp3) is 0.667. The van der Waals surface area contributed by atoms with Gasteiger partial charge in [-0.2, -0.15) is 0 Å². The lowest BCUT2D eigenvalue weighted by molar-refractivity contribution is 0.411. The molecule has 1 aliphatic rings. The zero-order valence-electron chi connectivity index (χ0n) is 7.96. The molecule has 72 valence electrons. The maximum Gasteiger partial charge on any atom is 0.273 e. The molecule has 1 aromatic rings. The van der Waals surface area contributed by atoms with Gasteiger partial charge in [-0.3, -0.25) is 0 Å². The summed E-state index contributed by atoms with van der Waals surface area (Å²) in [6.07, 6.45) is 2.66. The topological polar surface area (TPSA) is 34.1 Å². The van der Waals surface area contributed by atoms with Gasteiger partial charge in [-0.25, -0.2) is 4.98 Å². The van der Waals surface area contributed by atoms with E-state index in [9.17, 15) is 0 Å². The number of hydrogen-bond acceptors (Lipinski definition) is 4. The Labute approximate surface area is 82.1 Å². The third kappa shape index (κ3) is 2.19. The van der Waals surface area contributed by atoms with Crippen LogP contribution in [0.2, 0.25) is 0 Å². The summed E-state index contributed by atoms with van der Waals surface area (Å²) >= 11 is 1.63. The van der Waals surface area contributed by atoms with E-state index in [0.717, 1.165) is 23.5 Å². The van der Waals surface area contributed by atoms with E-state index in [2.05, 4.69) is 10.3 Å². The molecule has 0 atom stereocenters. The van der Waals surface area contributed by atoms with Gasteiger partial charge in [0.1, 0.15) is 0 Å². The van der Waals surface area contributed by atoms with Gasteiger partial charge in [0, 0.05) is 17.5 Å². The first-order valence-corrected chi connectivity index (χ1v) is 5.35. The molecular weight excluding hydrogens is 184 g/mol. The number of ether oxygens (including phenoxy) is 1. The molecule has 0 unspecified atom stereocenters. The molecular formula is C9H14N2OS. The molecule has 1 heterocycles. The maximum absolute atomic E-state index is 5.08. The summed E-state index contributed by atoms with van der Waals surface area (Å²) in [6, 6.07) is 0.757. The van der Waals surface area contributed by atoms with E-state index in [0.29, 0.717) is 0 Å². The Kier molecular flexibility index (Phi) is 2.51. The Hall–Kier alpha value is -0.610. The van der Waals surface area contributed by atoms with Gasteiger partial charge >= 0.3 is 0 Å². The molecule has 13 heavy (non-hydrogen) atoms. The number of nitrogens with zero attached hydrogens (tertiary/aromatic N) is 1. The summed E-state index contributed by atoms with van der Waals surface area (Å²) in [5.74, 6) is 0. The van der Waals surface area contributed by atoms with Crippen molar-refractivity contribution in [2.24, 2.45) is 0 Å². The number of rotatable bonds is 4. The lowest BCUT2D eigenvalue weighted by atomic mass is 10.4. The molecule has 0 radical (unpaired) electrons. The van der Waals surface area contributed by atoms with E-state index >= 15 is 0 Å². The average molecular weight is 198 g/mol. The molecule has 0 aromatic carbocycles. The second-order valence-electron chi connectivity index (χ2n) is 3.35. The molecule has 0 amide bonds. The Balaban J connectivity index is 1.96. The van der Waals surface area contributed by atoms with Crippen LogP contribution in [-0.4, -0.2) is 18.1 Å². The second kappa shape index (κ2) is 3.64. The molecule has 3 nitrogen and oxygen atoms in total. The summed E-state index contributed by atoms with van der Waals surface area (Å²) in [4.78, 5) is 5.58. The van der Waals surface area contributed by atoms with Gasteiger partial charge in [-0.15, -0.1) is 0 Å². The monoisotopic (exact) mass is 198 g/mol. The van der Waals surface area contributed by atoms with Crippen LogP contribution in [0, 0.1) is 6.92 Å². The van der Waals surface area contributed by atoms with Crippen LogP contribution in [0.25, 0.3) is 0 Å². The van der Waals surface area contributed by atoms with Crippen molar-refractivity contribution in [1.29, 1.82) is 0 Å². The van der Waals surface area contributed by atoms with E-state index in [1.54, 1.807) is 18.4 Å². The van der Waals surface area contributed by atoms with Crippen molar-refractivity contribution >= 4 is 11.3 Å². The molecule has 1 aliphatic carbocycles. The average Bonchev–Trinajstić information content (AvgIpc) is 2.88. The fourth-order valence-corrected chi connectivity index (χ4v) is 2.00. The Bertz CT molecular complexity index is 294. The van der Waals surface area contributed by atoms with Crippen LogP contribution in [0.3, 0.4) is 0 Å². The SMILES string of the molecule is COc1nc(C)c(CNC2CC2)s1. The first-order valence-electron chi connectivity index (χ1n) is 4.53. The highest BCUT2D eigenvalue weighted by Crippen LogP contribution is 2.25. The Morgan fingerprint density at radius 2 is 2.38 bits per heavy atom. The van der Waals surface area contributed by atoms with Crippen LogP contribution in [0.15, 0.2) is 0 Å². The minimum atomic E-state index is 0.757. The molecule has 1 fully saturated rings. The van der Waals surface area contributed by atoms with Crippen LogP contribution >= 0.6 is 11.3 Å². The van der Waals surface area contributed by atoms with E-state index in [1.165, 1.54) is 17.7 Å². The number of hydrogen-bond donors (Lipinski definition) is 1. The molecule has 0 spiro atoms. The molecule has 0 bridgehead atoms. The van der Waals surface area contributed by atoms with E-state index < -0.39 is 0 Å². The van der Waals surface area contributed by atoms with Gasteiger partial charge in [0.25, 0.3) is 5.19 Å². The summed E-state index contributed by atoms with van der Waals surface area (Å²) in [5, 5.41) is 4.23. The maximum atomic E-state index is 5.08. The van der Waals surface area contributed by atoms with Crippen LogP contribution < -0.4 is 10.1 Å². The fourth-order valence-electron chi connectivity index (χ4n) is 1.18. The minimum Gasteiger partial charge on any atom is -0.473 e. The van der Waals surface area contributed by atoms with Crippen molar-refractivity contribution in [2.75, 3.05) is 7.11 Å². The Morgan fingerprint density at radius 3 is 2.92 bits per heavy atom. The molecule has 1 aromatic heterocycles. The van der Waals surface area contributed by atoms with Crippen LogP contribution in [0.5, 0.6) is 5.19 Å². The quantitative estimate of drug-likeness (QED) is 0.799. The van der Waals surface area contributed by atoms with Crippen LogP contribution in [0.4, 0.5) is 0 Å². The number of aromatic nitrogens is 1. The normalized spacial score (nSPS) is 16.2. The number of nitrogens with one attached hydrogen (secondary N) is 1. The lowest BCUT2D eigenvalue weighted by Gasteiger charge is -1.98. The molecule has 2 rings (SSSR count). The predicted octanol–water partition coefficient (Wildman–Crippen LogP) is 1.71. The third-order valence-electron chi connectivity index (χ3n) is 2.18. The number of aryl methyl sites for hydroxylation is 1. The highest BCUT2D eigenvalue weighted by atomic mass is 32.1. The van der Waals surface area contributed by atoms with Crippen molar-refractivity contribution in [3.05, 3.63) is 10.6 Å². The summed E-state index contributed by atoms with van der Waals surface area (Å²) in [7, 11) is 1.66. The largest absolute Gasteiger partial charge is 0.473 e. The number of methoxy groups -OCH3 is 1.